The number of carbonyl (C=O) groups is 1. The van der Waals surface area contributed by atoms with E-state index < -0.39 is 0 Å². The fraction of sp³-hybridized carbons (Fsp3) is 0.929. The molecular weight excluding hydrogens is 212 g/mol. The van der Waals surface area contributed by atoms with Crippen molar-refractivity contribution in [3.63, 3.8) is 0 Å². The van der Waals surface area contributed by atoms with Crippen molar-refractivity contribution in [3.8, 4) is 0 Å². The first-order valence-electron chi connectivity index (χ1n) is 7.06. The highest BCUT2D eigenvalue weighted by Crippen LogP contribution is 2.48. The maximum Gasteiger partial charge on any atom is 0.225 e. The summed E-state index contributed by atoms with van der Waals surface area (Å²) in [5, 5.41) is 0. The summed E-state index contributed by atoms with van der Waals surface area (Å²) in [5.41, 5.74) is 5.51. The van der Waals surface area contributed by atoms with Crippen LogP contribution in [-0.2, 0) is 4.79 Å². The highest BCUT2D eigenvalue weighted by Gasteiger charge is 2.40. The molecule has 98 valence electrons. The van der Waals surface area contributed by atoms with Crippen LogP contribution in [0, 0.1) is 23.7 Å². The molecule has 2 bridgehead atoms. The Morgan fingerprint density at radius 1 is 1.41 bits per heavy atom. The summed E-state index contributed by atoms with van der Waals surface area (Å²) in [6, 6.07) is 0. The highest BCUT2D eigenvalue weighted by molar-refractivity contribution is 5.78. The summed E-state index contributed by atoms with van der Waals surface area (Å²) in [6.07, 6.45) is 6.41. The maximum absolute atomic E-state index is 12.1. The van der Waals surface area contributed by atoms with Crippen molar-refractivity contribution in [2.24, 2.45) is 29.4 Å². The number of hydrogen-bond donors (Lipinski definition) is 1. The standard InChI is InChI=1S/C14H26N2O/c1-10(5-6-15)14(17)16(2)9-13-8-11-3-4-12(13)7-11/h10-13H,3-9,15H2,1-2H3. The lowest BCUT2D eigenvalue weighted by atomic mass is 9.88. The SMILES string of the molecule is CC(CCN)C(=O)N(C)CC1CC2CCC1C2. The van der Waals surface area contributed by atoms with Crippen LogP contribution in [0.1, 0.15) is 39.0 Å². The van der Waals surface area contributed by atoms with Crippen molar-refractivity contribution >= 4 is 5.91 Å². The number of nitrogens with zero attached hydrogens (tertiary/aromatic N) is 1. The van der Waals surface area contributed by atoms with Crippen LogP contribution in [0.2, 0.25) is 0 Å². The van der Waals surface area contributed by atoms with Gasteiger partial charge in [-0.1, -0.05) is 13.3 Å². The molecule has 17 heavy (non-hydrogen) atoms. The number of amides is 1. The van der Waals surface area contributed by atoms with Gasteiger partial charge in [-0.3, -0.25) is 4.79 Å². The van der Waals surface area contributed by atoms with E-state index in [0.29, 0.717) is 6.54 Å². The molecule has 0 radical (unpaired) electrons. The summed E-state index contributed by atoms with van der Waals surface area (Å²) in [4.78, 5) is 14.0. The van der Waals surface area contributed by atoms with E-state index in [2.05, 4.69) is 0 Å². The normalized spacial score (nSPS) is 32.8. The third-order valence-electron chi connectivity index (χ3n) is 4.79. The van der Waals surface area contributed by atoms with Crippen LogP contribution in [-0.4, -0.2) is 30.9 Å². The number of nitrogens with two attached hydrogens (primary N) is 1. The van der Waals surface area contributed by atoms with Crippen LogP contribution < -0.4 is 5.73 Å². The minimum absolute atomic E-state index is 0.0867. The third kappa shape index (κ3) is 2.82. The molecule has 4 unspecified atom stereocenters. The Kier molecular flexibility index (Phi) is 4.08. The van der Waals surface area contributed by atoms with Crippen LogP contribution in [0.15, 0.2) is 0 Å². The Morgan fingerprint density at radius 2 is 2.18 bits per heavy atom. The molecule has 0 aromatic rings. The Labute approximate surface area is 105 Å². The lowest BCUT2D eigenvalue weighted by Gasteiger charge is -2.28. The van der Waals surface area contributed by atoms with Gasteiger partial charge in [-0.05, 0) is 50.0 Å². The van der Waals surface area contributed by atoms with Crippen molar-refractivity contribution in [2.75, 3.05) is 20.1 Å². The lowest BCUT2D eigenvalue weighted by molar-refractivity contribution is -0.134. The van der Waals surface area contributed by atoms with Crippen LogP contribution in [0.5, 0.6) is 0 Å². The highest BCUT2D eigenvalue weighted by atomic mass is 16.2. The van der Waals surface area contributed by atoms with Gasteiger partial charge in [0.15, 0.2) is 0 Å². The van der Waals surface area contributed by atoms with E-state index in [-0.39, 0.29) is 11.8 Å². The molecule has 0 saturated heterocycles. The second-order valence-corrected chi connectivity index (χ2v) is 6.13. The third-order valence-corrected chi connectivity index (χ3v) is 4.79. The van der Waals surface area contributed by atoms with Gasteiger partial charge in [0, 0.05) is 19.5 Å². The molecular formula is C14H26N2O. The van der Waals surface area contributed by atoms with E-state index in [9.17, 15) is 4.79 Å². The average molecular weight is 238 g/mol. The molecule has 2 rings (SSSR count). The van der Waals surface area contributed by atoms with E-state index >= 15 is 0 Å². The molecule has 0 aliphatic heterocycles. The molecule has 2 fully saturated rings. The number of hydrogen-bond acceptors (Lipinski definition) is 2. The summed E-state index contributed by atoms with van der Waals surface area (Å²) < 4.78 is 0. The summed E-state index contributed by atoms with van der Waals surface area (Å²) in [7, 11) is 1.96. The molecule has 2 aliphatic rings. The van der Waals surface area contributed by atoms with Gasteiger partial charge >= 0.3 is 0 Å². The first-order chi connectivity index (χ1) is 8.11. The molecule has 4 atom stereocenters. The monoisotopic (exact) mass is 238 g/mol. The van der Waals surface area contributed by atoms with Crippen molar-refractivity contribution in [2.45, 2.75) is 39.0 Å². The van der Waals surface area contributed by atoms with Crippen LogP contribution >= 0.6 is 0 Å². The molecule has 2 N–H and O–H groups in total. The number of fused-ring (bicyclic) bond motifs is 2. The van der Waals surface area contributed by atoms with E-state index in [1.165, 1.54) is 25.7 Å². The molecule has 0 aromatic heterocycles. The Morgan fingerprint density at radius 3 is 2.71 bits per heavy atom. The molecule has 2 saturated carbocycles. The predicted octanol–water partition coefficient (Wildman–Crippen LogP) is 1.87. The van der Waals surface area contributed by atoms with E-state index in [4.69, 9.17) is 5.73 Å². The molecule has 0 heterocycles. The van der Waals surface area contributed by atoms with Gasteiger partial charge in [0.25, 0.3) is 0 Å². The second-order valence-electron chi connectivity index (χ2n) is 6.13. The molecule has 0 aromatic carbocycles. The van der Waals surface area contributed by atoms with Crippen molar-refractivity contribution in [1.29, 1.82) is 0 Å². The number of carbonyl (C=O) groups excluding carboxylic acids is 1. The summed E-state index contributed by atoms with van der Waals surface area (Å²) in [5.74, 6) is 3.00. The topological polar surface area (TPSA) is 46.3 Å². The van der Waals surface area contributed by atoms with Crippen molar-refractivity contribution in [1.82, 2.24) is 4.90 Å². The molecule has 0 spiro atoms. The minimum atomic E-state index is 0.0867. The van der Waals surface area contributed by atoms with Gasteiger partial charge in [0.05, 0.1) is 0 Å². The predicted molar refractivity (Wildman–Crippen MR) is 69.4 cm³/mol. The van der Waals surface area contributed by atoms with Gasteiger partial charge in [-0.25, -0.2) is 0 Å². The van der Waals surface area contributed by atoms with Gasteiger partial charge in [-0.15, -0.1) is 0 Å². The molecule has 2 aliphatic carbocycles. The zero-order chi connectivity index (χ0) is 12.4. The lowest BCUT2D eigenvalue weighted by Crippen LogP contribution is -2.37. The van der Waals surface area contributed by atoms with Crippen molar-refractivity contribution < 1.29 is 4.79 Å². The quantitative estimate of drug-likeness (QED) is 0.794. The minimum Gasteiger partial charge on any atom is -0.345 e. The summed E-state index contributed by atoms with van der Waals surface area (Å²) in [6.45, 7) is 3.57. The van der Waals surface area contributed by atoms with E-state index in [0.717, 1.165) is 30.7 Å². The van der Waals surface area contributed by atoms with Crippen LogP contribution in [0.4, 0.5) is 0 Å². The van der Waals surface area contributed by atoms with Gasteiger partial charge in [0.2, 0.25) is 5.91 Å². The Balaban J connectivity index is 1.80. The van der Waals surface area contributed by atoms with Gasteiger partial charge < -0.3 is 10.6 Å². The zero-order valence-electron chi connectivity index (χ0n) is 11.2. The molecule has 3 heteroatoms. The Hall–Kier alpha value is -0.570. The summed E-state index contributed by atoms with van der Waals surface area (Å²) >= 11 is 0. The average Bonchev–Trinajstić information content (AvgIpc) is 2.90. The second kappa shape index (κ2) is 5.38. The van der Waals surface area contributed by atoms with Crippen LogP contribution in [0.3, 0.4) is 0 Å². The maximum atomic E-state index is 12.1. The Bertz CT molecular complexity index is 279. The smallest absolute Gasteiger partial charge is 0.225 e. The fourth-order valence-corrected chi connectivity index (χ4v) is 3.79. The first kappa shape index (κ1) is 12.9. The van der Waals surface area contributed by atoms with E-state index in [1.807, 2.05) is 18.9 Å². The van der Waals surface area contributed by atoms with Gasteiger partial charge in [0.1, 0.15) is 0 Å². The van der Waals surface area contributed by atoms with Gasteiger partial charge in [-0.2, -0.15) is 0 Å². The fourth-order valence-electron chi connectivity index (χ4n) is 3.79. The van der Waals surface area contributed by atoms with Crippen molar-refractivity contribution in [3.05, 3.63) is 0 Å². The largest absolute Gasteiger partial charge is 0.345 e. The first-order valence-corrected chi connectivity index (χ1v) is 7.06. The molecule has 1 amide bonds. The number of rotatable bonds is 5. The zero-order valence-corrected chi connectivity index (χ0v) is 11.2. The molecule has 3 nitrogen and oxygen atoms in total. The van der Waals surface area contributed by atoms with Crippen LogP contribution in [0.25, 0.3) is 0 Å². The van der Waals surface area contributed by atoms with E-state index in [1.54, 1.807) is 0 Å².